The lowest BCUT2D eigenvalue weighted by atomic mass is 9.78. The van der Waals surface area contributed by atoms with Crippen molar-refractivity contribution >= 4 is 12.0 Å². The fourth-order valence-corrected chi connectivity index (χ4v) is 2.28. The molecule has 0 bridgehead atoms. The van der Waals surface area contributed by atoms with Gasteiger partial charge in [-0.15, -0.1) is 0 Å². The molecule has 0 aliphatic carbocycles. The van der Waals surface area contributed by atoms with Crippen molar-refractivity contribution in [2.45, 2.75) is 25.9 Å². The maximum Gasteiger partial charge on any atom is 0.315 e. The molecule has 1 aliphatic rings. The van der Waals surface area contributed by atoms with Gasteiger partial charge in [0.25, 0.3) is 0 Å². The van der Waals surface area contributed by atoms with E-state index < -0.39 is 11.5 Å². The summed E-state index contributed by atoms with van der Waals surface area (Å²) in [5, 5.41) is 9.84. The second kappa shape index (κ2) is 5.36. The highest BCUT2D eigenvalue weighted by Gasteiger charge is 2.47. The van der Waals surface area contributed by atoms with Crippen LogP contribution < -0.4 is 0 Å². The number of benzene rings is 1. The molecule has 2 atom stereocenters. The Kier molecular flexibility index (Phi) is 3.82. The van der Waals surface area contributed by atoms with Gasteiger partial charge < -0.3 is 9.84 Å². The van der Waals surface area contributed by atoms with Crippen LogP contribution in [-0.2, 0) is 9.53 Å². The van der Waals surface area contributed by atoms with Gasteiger partial charge in [0, 0.05) is 6.42 Å². The predicted molar refractivity (Wildman–Crippen MR) is 69.8 cm³/mol. The summed E-state index contributed by atoms with van der Waals surface area (Å²) < 4.78 is 5.00. The molecule has 0 amide bonds. The van der Waals surface area contributed by atoms with E-state index in [1.807, 2.05) is 42.5 Å². The lowest BCUT2D eigenvalue weighted by Crippen LogP contribution is -2.37. The monoisotopic (exact) mass is 246 g/mol. The summed E-state index contributed by atoms with van der Waals surface area (Å²) in [5.74, 6) is -0.282. The third-order valence-corrected chi connectivity index (χ3v) is 3.58. The molecule has 1 aromatic rings. The highest BCUT2D eigenvalue weighted by Crippen LogP contribution is 2.37. The van der Waals surface area contributed by atoms with Gasteiger partial charge in [-0.1, -0.05) is 42.5 Å². The van der Waals surface area contributed by atoms with Gasteiger partial charge in [0.15, 0.2) is 0 Å². The highest BCUT2D eigenvalue weighted by molar-refractivity contribution is 5.79. The van der Waals surface area contributed by atoms with Crippen LogP contribution in [0.5, 0.6) is 0 Å². The molecular formula is C15H18O3. The van der Waals surface area contributed by atoms with E-state index in [1.54, 1.807) is 6.92 Å². The van der Waals surface area contributed by atoms with Crippen molar-refractivity contribution in [2.75, 3.05) is 6.61 Å². The van der Waals surface area contributed by atoms with E-state index in [2.05, 4.69) is 0 Å². The van der Waals surface area contributed by atoms with E-state index >= 15 is 0 Å². The van der Waals surface area contributed by atoms with Crippen LogP contribution >= 0.6 is 0 Å². The third kappa shape index (κ3) is 2.46. The summed E-state index contributed by atoms with van der Waals surface area (Å²) in [4.78, 5) is 11.8. The molecule has 1 N–H and O–H groups in total. The number of aliphatic hydroxyl groups excluding tert-OH is 1. The first-order valence-corrected chi connectivity index (χ1v) is 6.22. The summed E-state index contributed by atoms with van der Waals surface area (Å²) in [6.07, 6.45) is 4.32. The van der Waals surface area contributed by atoms with E-state index in [1.165, 1.54) is 0 Å². The van der Waals surface area contributed by atoms with Crippen LogP contribution in [-0.4, -0.2) is 23.8 Å². The van der Waals surface area contributed by atoms with Crippen molar-refractivity contribution in [2.24, 2.45) is 5.41 Å². The standard InChI is InChI=1S/C15H18O3/c1-12(16)15(10-11-18-14(15)17)9-5-8-13-6-3-2-4-7-13/h2-8,12,16H,9-11H2,1H3/b8-5+/t12-,15-/m0/s1. The molecule has 0 unspecified atom stereocenters. The first-order chi connectivity index (χ1) is 8.65. The Morgan fingerprint density at radius 1 is 1.44 bits per heavy atom. The zero-order valence-electron chi connectivity index (χ0n) is 10.5. The quantitative estimate of drug-likeness (QED) is 0.830. The Morgan fingerprint density at radius 3 is 2.72 bits per heavy atom. The van der Waals surface area contributed by atoms with Gasteiger partial charge in [-0.05, 0) is 18.9 Å². The summed E-state index contributed by atoms with van der Waals surface area (Å²) >= 11 is 0. The molecule has 1 fully saturated rings. The minimum Gasteiger partial charge on any atom is -0.465 e. The number of rotatable bonds is 4. The van der Waals surface area contributed by atoms with Crippen molar-refractivity contribution < 1.29 is 14.6 Å². The van der Waals surface area contributed by atoms with E-state index in [4.69, 9.17) is 4.74 Å². The van der Waals surface area contributed by atoms with Crippen LogP contribution in [0.4, 0.5) is 0 Å². The molecule has 96 valence electrons. The second-order valence-corrected chi connectivity index (χ2v) is 4.74. The van der Waals surface area contributed by atoms with Crippen molar-refractivity contribution in [1.29, 1.82) is 0 Å². The molecule has 3 heteroatoms. The lowest BCUT2D eigenvalue weighted by molar-refractivity contribution is -0.150. The van der Waals surface area contributed by atoms with Gasteiger partial charge in [-0.3, -0.25) is 4.79 Å². The van der Waals surface area contributed by atoms with E-state index in [-0.39, 0.29) is 5.97 Å². The number of hydrogen-bond acceptors (Lipinski definition) is 3. The molecule has 1 heterocycles. The van der Waals surface area contributed by atoms with Gasteiger partial charge in [-0.2, -0.15) is 0 Å². The minimum absolute atomic E-state index is 0.282. The van der Waals surface area contributed by atoms with E-state index in [0.717, 1.165) is 5.56 Å². The maximum absolute atomic E-state index is 11.8. The van der Waals surface area contributed by atoms with Crippen molar-refractivity contribution in [1.82, 2.24) is 0 Å². The zero-order chi connectivity index (χ0) is 13.0. The first-order valence-electron chi connectivity index (χ1n) is 6.22. The van der Waals surface area contributed by atoms with Crippen molar-refractivity contribution in [3.63, 3.8) is 0 Å². The Labute approximate surface area is 107 Å². The topological polar surface area (TPSA) is 46.5 Å². The predicted octanol–water partition coefficient (Wildman–Crippen LogP) is 2.40. The molecule has 3 nitrogen and oxygen atoms in total. The van der Waals surface area contributed by atoms with Crippen LogP contribution in [0, 0.1) is 5.41 Å². The molecule has 2 rings (SSSR count). The van der Waals surface area contributed by atoms with Gasteiger partial charge in [-0.25, -0.2) is 0 Å². The molecule has 0 radical (unpaired) electrons. The Bertz CT molecular complexity index is 436. The number of hydrogen-bond donors (Lipinski definition) is 1. The number of esters is 1. The van der Waals surface area contributed by atoms with Crippen LogP contribution in [0.3, 0.4) is 0 Å². The Morgan fingerprint density at radius 2 is 2.17 bits per heavy atom. The van der Waals surface area contributed by atoms with Crippen molar-refractivity contribution in [3.05, 3.63) is 42.0 Å². The van der Waals surface area contributed by atoms with Gasteiger partial charge in [0.05, 0.1) is 12.7 Å². The fourth-order valence-electron chi connectivity index (χ4n) is 2.28. The van der Waals surface area contributed by atoms with Gasteiger partial charge in [0.2, 0.25) is 0 Å². The van der Waals surface area contributed by atoms with Crippen LogP contribution in [0.25, 0.3) is 6.08 Å². The number of cyclic esters (lactones) is 1. The number of ether oxygens (including phenoxy) is 1. The van der Waals surface area contributed by atoms with Gasteiger partial charge >= 0.3 is 5.97 Å². The van der Waals surface area contributed by atoms with Crippen molar-refractivity contribution in [3.8, 4) is 0 Å². The SMILES string of the molecule is C[C@H](O)[C@]1(C/C=C/c2ccccc2)CCOC1=O. The minimum atomic E-state index is -0.759. The van der Waals surface area contributed by atoms with E-state index in [9.17, 15) is 9.90 Å². The molecule has 0 spiro atoms. The molecule has 1 aromatic carbocycles. The van der Waals surface area contributed by atoms with Gasteiger partial charge in [0.1, 0.15) is 5.41 Å². The Balaban J connectivity index is 2.08. The highest BCUT2D eigenvalue weighted by atomic mass is 16.5. The Hall–Kier alpha value is -1.61. The molecule has 0 saturated carbocycles. The van der Waals surface area contributed by atoms with Crippen LogP contribution in [0.2, 0.25) is 0 Å². The molecule has 1 aliphatic heterocycles. The molecular weight excluding hydrogens is 228 g/mol. The lowest BCUT2D eigenvalue weighted by Gasteiger charge is -2.26. The molecule has 0 aromatic heterocycles. The largest absolute Gasteiger partial charge is 0.465 e. The maximum atomic E-state index is 11.8. The second-order valence-electron chi connectivity index (χ2n) is 4.74. The summed E-state index contributed by atoms with van der Waals surface area (Å²) in [5.41, 5.74) is 0.329. The number of allylic oxidation sites excluding steroid dienone is 1. The fraction of sp³-hybridized carbons (Fsp3) is 0.400. The zero-order valence-corrected chi connectivity index (χ0v) is 10.5. The van der Waals surface area contributed by atoms with E-state index in [0.29, 0.717) is 19.4 Å². The van der Waals surface area contributed by atoms with Crippen LogP contribution in [0.15, 0.2) is 36.4 Å². The summed E-state index contributed by atoms with van der Waals surface area (Å²) in [7, 11) is 0. The number of carbonyl (C=O) groups is 1. The average Bonchev–Trinajstić information content (AvgIpc) is 2.73. The van der Waals surface area contributed by atoms with Crippen LogP contribution in [0.1, 0.15) is 25.3 Å². The average molecular weight is 246 g/mol. The number of carbonyl (C=O) groups excluding carboxylic acids is 1. The smallest absolute Gasteiger partial charge is 0.315 e. The third-order valence-electron chi connectivity index (χ3n) is 3.58. The first kappa shape index (κ1) is 12.8. The summed E-state index contributed by atoms with van der Waals surface area (Å²) in [6.45, 7) is 2.06. The number of aliphatic hydroxyl groups is 1. The normalized spacial score (nSPS) is 25.3. The molecule has 1 saturated heterocycles. The summed E-state index contributed by atoms with van der Waals surface area (Å²) in [6, 6.07) is 9.89. The molecule has 18 heavy (non-hydrogen) atoms.